The van der Waals surface area contributed by atoms with Gasteiger partial charge in [-0.25, -0.2) is 0 Å². The van der Waals surface area contributed by atoms with Gasteiger partial charge in [0.2, 0.25) is 0 Å². The van der Waals surface area contributed by atoms with E-state index < -0.39 is 0 Å². The first kappa shape index (κ1) is 14.4. The van der Waals surface area contributed by atoms with Crippen LogP contribution in [0.15, 0.2) is 24.3 Å². The van der Waals surface area contributed by atoms with Gasteiger partial charge >= 0.3 is 0 Å². The van der Waals surface area contributed by atoms with Crippen molar-refractivity contribution in [2.24, 2.45) is 5.92 Å². The molecule has 3 heteroatoms. The lowest BCUT2D eigenvalue weighted by Gasteiger charge is -2.27. The van der Waals surface area contributed by atoms with Crippen LogP contribution in [0.25, 0.3) is 0 Å². The molecule has 2 atom stereocenters. The Bertz CT molecular complexity index is 407. The fourth-order valence-electron chi connectivity index (χ4n) is 3.00. The number of anilines is 1. The minimum absolute atomic E-state index is 0.357. The lowest BCUT2D eigenvalue weighted by atomic mass is 10.0. The molecule has 1 aliphatic rings. The molecule has 0 bridgehead atoms. The summed E-state index contributed by atoms with van der Waals surface area (Å²) in [5.74, 6) is 0.738. The maximum absolute atomic E-state index is 10.1. The van der Waals surface area contributed by atoms with Crippen LogP contribution in [0.4, 0.5) is 5.69 Å². The molecule has 0 radical (unpaired) electrons. The van der Waals surface area contributed by atoms with Gasteiger partial charge in [0, 0.05) is 31.4 Å². The quantitative estimate of drug-likeness (QED) is 0.883. The van der Waals surface area contributed by atoms with Crippen LogP contribution in [0.5, 0.6) is 0 Å². The number of para-hydroxylation sites is 1. The van der Waals surface area contributed by atoms with E-state index in [4.69, 9.17) is 0 Å². The summed E-state index contributed by atoms with van der Waals surface area (Å²) in [6.45, 7) is 5.48. The second kappa shape index (κ2) is 6.40. The fourth-order valence-corrected chi connectivity index (χ4v) is 3.00. The van der Waals surface area contributed by atoms with E-state index in [2.05, 4.69) is 36.0 Å². The normalized spacial score (nSPS) is 21.6. The number of hydrogen-bond donors (Lipinski definition) is 1. The second-order valence-corrected chi connectivity index (χ2v) is 5.78. The van der Waals surface area contributed by atoms with Crippen LogP contribution < -0.4 is 4.90 Å². The second-order valence-electron chi connectivity index (χ2n) is 5.78. The van der Waals surface area contributed by atoms with Gasteiger partial charge in [-0.15, -0.1) is 0 Å². The van der Waals surface area contributed by atoms with Crippen LogP contribution in [-0.4, -0.2) is 43.7 Å². The summed E-state index contributed by atoms with van der Waals surface area (Å²) in [6, 6.07) is 8.22. The molecule has 3 nitrogen and oxygen atoms in total. The molecule has 1 aromatic rings. The maximum atomic E-state index is 10.1. The predicted molar refractivity (Wildman–Crippen MR) is 80.6 cm³/mol. The van der Waals surface area contributed by atoms with E-state index in [0.717, 1.165) is 24.4 Å². The zero-order valence-electron chi connectivity index (χ0n) is 12.3. The summed E-state index contributed by atoms with van der Waals surface area (Å²) in [6.07, 6.45) is 1.68. The summed E-state index contributed by atoms with van der Waals surface area (Å²) in [4.78, 5) is 4.70. The Morgan fingerprint density at radius 3 is 2.79 bits per heavy atom. The minimum Gasteiger partial charge on any atom is -0.388 e. The summed E-state index contributed by atoms with van der Waals surface area (Å²) >= 11 is 0. The Balaban J connectivity index is 2.08. The summed E-state index contributed by atoms with van der Waals surface area (Å²) in [5.41, 5.74) is 2.23. The smallest absolute Gasteiger partial charge is 0.0807 e. The lowest BCUT2D eigenvalue weighted by Crippen LogP contribution is -2.28. The average molecular weight is 262 g/mol. The summed E-state index contributed by atoms with van der Waals surface area (Å²) in [7, 11) is 4.33. The summed E-state index contributed by atoms with van der Waals surface area (Å²) < 4.78 is 0. The maximum Gasteiger partial charge on any atom is 0.0807 e. The van der Waals surface area contributed by atoms with Crippen molar-refractivity contribution >= 4 is 5.69 Å². The first-order chi connectivity index (χ1) is 9.11. The molecule has 2 rings (SSSR count). The number of likely N-dealkylation sites (tertiary alicyclic amines) is 1. The Labute approximate surface area is 116 Å². The van der Waals surface area contributed by atoms with Gasteiger partial charge in [-0.3, -0.25) is 0 Å². The van der Waals surface area contributed by atoms with Crippen molar-refractivity contribution in [1.29, 1.82) is 0 Å². The molecule has 0 spiro atoms. The molecule has 1 heterocycles. The van der Waals surface area contributed by atoms with E-state index in [9.17, 15) is 5.11 Å². The van der Waals surface area contributed by atoms with Crippen molar-refractivity contribution in [2.75, 3.05) is 38.6 Å². The van der Waals surface area contributed by atoms with Crippen LogP contribution in [-0.2, 0) is 0 Å². The van der Waals surface area contributed by atoms with Gasteiger partial charge in [0.1, 0.15) is 0 Å². The topological polar surface area (TPSA) is 26.7 Å². The van der Waals surface area contributed by atoms with E-state index in [1.165, 1.54) is 25.2 Å². The highest BCUT2D eigenvalue weighted by molar-refractivity contribution is 5.54. The number of benzene rings is 1. The van der Waals surface area contributed by atoms with Crippen molar-refractivity contribution in [3.8, 4) is 0 Å². The molecule has 1 fully saturated rings. The van der Waals surface area contributed by atoms with Gasteiger partial charge in [0.15, 0.2) is 0 Å². The van der Waals surface area contributed by atoms with Crippen LogP contribution >= 0.6 is 0 Å². The Hall–Kier alpha value is -1.06. The molecule has 0 aromatic heterocycles. The van der Waals surface area contributed by atoms with Gasteiger partial charge in [0.05, 0.1) is 6.10 Å². The van der Waals surface area contributed by atoms with Crippen LogP contribution in [0, 0.1) is 5.92 Å². The molecule has 106 valence electrons. The molecule has 1 aliphatic heterocycles. The third-order valence-corrected chi connectivity index (χ3v) is 4.11. The van der Waals surface area contributed by atoms with Crippen LogP contribution in [0.2, 0.25) is 0 Å². The Kier molecular flexibility index (Phi) is 4.83. The number of rotatable bonds is 5. The van der Waals surface area contributed by atoms with E-state index in [-0.39, 0.29) is 6.10 Å². The van der Waals surface area contributed by atoms with Crippen molar-refractivity contribution < 1.29 is 5.11 Å². The number of hydrogen-bond acceptors (Lipinski definition) is 3. The highest BCUT2D eigenvalue weighted by Gasteiger charge is 2.22. The Morgan fingerprint density at radius 1 is 1.42 bits per heavy atom. The van der Waals surface area contributed by atoms with E-state index in [1.54, 1.807) is 0 Å². The highest BCUT2D eigenvalue weighted by Crippen LogP contribution is 2.28. The van der Waals surface area contributed by atoms with Crippen LogP contribution in [0.1, 0.15) is 31.4 Å². The molecule has 1 saturated heterocycles. The molecule has 1 aromatic carbocycles. The lowest BCUT2D eigenvalue weighted by molar-refractivity contribution is 0.174. The standard InChI is InChI=1S/C16H26N2O/c1-4-16(19)14-7-5-6-8-15(14)18(3)12-13-9-10-17(2)11-13/h5-8,13,16,19H,4,9-12H2,1-3H3. The van der Waals surface area contributed by atoms with Crippen molar-refractivity contribution in [3.63, 3.8) is 0 Å². The zero-order valence-corrected chi connectivity index (χ0v) is 12.3. The van der Waals surface area contributed by atoms with Crippen molar-refractivity contribution in [3.05, 3.63) is 29.8 Å². The van der Waals surface area contributed by atoms with E-state index >= 15 is 0 Å². The molecule has 0 aliphatic carbocycles. The summed E-state index contributed by atoms with van der Waals surface area (Å²) in [5, 5.41) is 10.1. The van der Waals surface area contributed by atoms with E-state index in [1.807, 2.05) is 19.1 Å². The molecular formula is C16H26N2O. The van der Waals surface area contributed by atoms with Crippen molar-refractivity contribution in [1.82, 2.24) is 4.90 Å². The Morgan fingerprint density at radius 2 is 2.16 bits per heavy atom. The number of nitrogens with zero attached hydrogens (tertiary/aromatic N) is 2. The van der Waals surface area contributed by atoms with Gasteiger partial charge in [0.25, 0.3) is 0 Å². The predicted octanol–water partition coefficient (Wildman–Crippen LogP) is 2.52. The van der Waals surface area contributed by atoms with Gasteiger partial charge in [-0.05, 0) is 38.4 Å². The average Bonchev–Trinajstić information content (AvgIpc) is 2.83. The molecule has 0 amide bonds. The van der Waals surface area contributed by atoms with E-state index in [0.29, 0.717) is 0 Å². The monoisotopic (exact) mass is 262 g/mol. The largest absolute Gasteiger partial charge is 0.388 e. The first-order valence-corrected chi connectivity index (χ1v) is 7.28. The first-order valence-electron chi connectivity index (χ1n) is 7.28. The molecule has 0 saturated carbocycles. The number of aliphatic hydroxyl groups excluding tert-OH is 1. The SMILES string of the molecule is CCC(O)c1ccccc1N(C)CC1CCN(C)C1. The molecule has 19 heavy (non-hydrogen) atoms. The van der Waals surface area contributed by atoms with Gasteiger partial charge in [-0.2, -0.15) is 0 Å². The van der Waals surface area contributed by atoms with Gasteiger partial charge < -0.3 is 14.9 Å². The number of aliphatic hydroxyl groups is 1. The molecule has 2 unspecified atom stereocenters. The molecular weight excluding hydrogens is 236 g/mol. The minimum atomic E-state index is -0.357. The van der Waals surface area contributed by atoms with Gasteiger partial charge in [-0.1, -0.05) is 25.1 Å². The van der Waals surface area contributed by atoms with Crippen LogP contribution in [0.3, 0.4) is 0 Å². The molecule has 1 N–H and O–H groups in total. The zero-order chi connectivity index (χ0) is 13.8. The third kappa shape index (κ3) is 3.48. The fraction of sp³-hybridized carbons (Fsp3) is 0.625. The highest BCUT2D eigenvalue weighted by atomic mass is 16.3. The van der Waals surface area contributed by atoms with Crippen molar-refractivity contribution in [2.45, 2.75) is 25.9 Å². The third-order valence-electron chi connectivity index (χ3n) is 4.11.